The van der Waals surface area contributed by atoms with E-state index >= 15 is 0 Å². The highest BCUT2D eigenvalue weighted by Gasteiger charge is 2.08. The first kappa shape index (κ1) is 14.8. The van der Waals surface area contributed by atoms with E-state index in [0.29, 0.717) is 6.42 Å². The van der Waals surface area contributed by atoms with Gasteiger partial charge in [-0.1, -0.05) is 35.8 Å². The fraction of sp³-hybridized carbons (Fsp3) is 0.462. The number of rotatable bonds is 6. The molecule has 0 radical (unpaired) electrons. The fourth-order valence-electron chi connectivity index (χ4n) is 1.69. The molecule has 0 aliphatic rings. The van der Waals surface area contributed by atoms with E-state index in [1.165, 1.54) is 0 Å². The van der Waals surface area contributed by atoms with Crippen LogP contribution >= 0.6 is 11.6 Å². The summed E-state index contributed by atoms with van der Waals surface area (Å²) >= 11 is 6.21. The molecule has 5 heteroatoms. The summed E-state index contributed by atoms with van der Waals surface area (Å²) in [4.78, 5) is 2.20. The maximum Gasteiger partial charge on any atom is 0.140 e. The number of hydrogen-bond acceptors (Lipinski definition) is 3. The second-order valence-electron chi connectivity index (χ2n) is 4.30. The monoisotopic (exact) mass is 269 g/mol. The Hall–Kier alpha value is -1.26. The molecule has 1 aromatic rings. The Morgan fingerprint density at radius 1 is 1.50 bits per heavy atom. The molecule has 1 rings (SSSR count). The highest BCUT2D eigenvalue weighted by atomic mass is 35.5. The van der Waals surface area contributed by atoms with Gasteiger partial charge in [-0.15, -0.1) is 0 Å². The zero-order valence-electron chi connectivity index (χ0n) is 10.9. The lowest BCUT2D eigenvalue weighted by atomic mass is 10.1. The molecule has 0 bridgehead atoms. The molecule has 0 saturated heterocycles. The van der Waals surface area contributed by atoms with E-state index in [1.54, 1.807) is 0 Å². The predicted molar refractivity (Wildman–Crippen MR) is 75.2 cm³/mol. The van der Waals surface area contributed by atoms with E-state index in [1.807, 2.05) is 19.1 Å². The van der Waals surface area contributed by atoms with E-state index in [2.05, 4.69) is 23.0 Å². The van der Waals surface area contributed by atoms with Crippen molar-refractivity contribution in [2.75, 3.05) is 13.1 Å². The summed E-state index contributed by atoms with van der Waals surface area (Å²) in [5.74, 6) is 0.253. The molecule has 4 nitrogen and oxygen atoms in total. The maximum atomic E-state index is 8.51. The third-order valence-electron chi connectivity index (χ3n) is 2.86. The lowest BCUT2D eigenvalue weighted by molar-refractivity contribution is 0.283. The Morgan fingerprint density at radius 3 is 2.78 bits per heavy atom. The number of nitrogens with two attached hydrogens (primary N) is 1. The molecule has 0 spiro atoms. The number of oxime groups is 1. The van der Waals surface area contributed by atoms with Gasteiger partial charge in [-0.25, -0.2) is 0 Å². The molecule has 0 atom stereocenters. The Bertz CT molecular complexity index is 421. The van der Waals surface area contributed by atoms with Gasteiger partial charge in [0.2, 0.25) is 0 Å². The van der Waals surface area contributed by atoms with Gasteiger partial charge >= 0.3 is 0 Å². The molecule has 0 fully saturated rings. The van der Waals surface area contributed by atoms with Crippen LogP contribution < -0.4 is 5.73 Å². The number of aryl methyl sites for hydroxylation is 1. The zero-order chi connectivity index (χ0) is 13.5. The minimum absolute atomic E-state index is 0.253. The van der Waals surface area contributed by atoms with Crippen LogP contribution in [0.25, 0.3) is 0 Å². The molecule has 0 unspecified atom stereocenters. The molecule has 0 aromatic heterocycles. The van der Waals surface area contributed by atoms with Crippen molar-refractivity contribution in [3.8, 4) is 0 Å². The Morgan fingerprint density at radius 2 is 2.22 bits per heavy atom. The van der Waals surface area contributed by atoms with Crippen LogP contribution in [0.1, 0.15) is 24.5 Å². The summed E-state index contributed by atoms with van der Waals surface area (Å²) in [5, 5.41) is 12.3. The standard InChI is InChI=1S/C13H20ClN3O/c1-3-17(7-6-13(15)16-18)9-11-5-4-10(2)8-12(11)14/h4-5,8,18H,3,6-7,9H2,1-2H3,(H2,15,16). The van der Waals surface area contributed by atoms with E-state index in [9.17, 15) is 0 Å². The van der Waals surface area contributed by atoms with Crippen LogP contribution in [-0.2, 0) is 6.54 Å². The van der Waals surface area contributed by atoms with Gasteiger partial charge in [-0.3, -0.25) is 4.90 Å². The molecule has 3 N–H and O–H groups in total. The normalized spacial score (nSPS) is 12.1. The van der Waals surface area contributed by atoms with E-state index < -0.39 is 0 Å². The third kappa shape index (κ3) is 4.55. The minimum atomic E-state index is 0.253. The first-order valence-electron chi connectivity index (χ1n) is 6.00. The summed E-state index contributed by atoms with van der Waals surface area (Å²) in [6.45, 7) is 6.51. The molecule has 1 aromatic carbocycles. The molecular formula is C13H20ClN3O. The third-order valence-corrected chi connectivity index (χ3v) is 3.21. The summed E-state index contributed by atoms with van der Waals surface area (Å²) in [6, 6.07) is 6.07. The number of hydrogen-bond donors (Lipinski definition) is 2. The Balaban J connectivity index is 2.62. The quantitative estimate of drug-likeness (QED) is 0.361. The predicted octanol–water partition coefficient (Wildman–Crippen LogP) is 2.61. The molecule has 100 valence electrons. The van der Waals surface area contributed by atoms with Gasteiger partial charge in [0.15, 0.2) is 0 Å². The smallest absolute Gasteiger partial charge is 0.140 e. The van der Waals surface area contributed by atoms with Crippen LogP contribution in [0.15, 0.2) is 23.4 Å². The highest BCUT2D eigenvalue weighted by molar-refractivity contribution is 6.31. The van der Waals surface area contributed by atoms with Gasteiger partial charge < -0.3 is 10.9 Å². The molecule has 0 heterocycles. The van der Waals surface area contributed by atoms with Crippen molar-refractivity contribution < 1.29 is 5.21 Å². The number of benzene rings is 1. The maximum absolute atomic E-state index is 8.51. The summed E-state index contributed by atoms with van der Waals surface area (Å²) < 4.78 is 0. The largest absolute Gasteiger partial charge is 0.409 e. The summed E-state index contributed by atoms with van der Waals surface area (Å²) in [6.07, 6.45) is 0.549. The van der Waals surface area contributed by atoms with Crippen molar-refractivity contribution in [1.29, 1.82) is 0 Å². The van der Waals surface area contributed by atoms with Crippen LogP contribution in [-0.4, -0.2) is 29.0 Å². The molecular weight excluding hydrogens is 250 g/mol. The van der Waals surface area contributed by atoms with Crippen LogP contribution in [0.5, 0.6) is 0 Å². The average Bonchev–Trinajstić information content (AvgIpc) is 2.36. The molecule has 0 aliphatic carbocycles. The first-order chi connectivity index (χ1) is 8.56. The van der Waals surface area contributed by atoms with Crippen LogP contribution in [0, 0.1) is 6.92 Å². The van der Waals surface area contributed by atoms with E-state index in [4.69, 9.17) is 22.5 Å². The van der Waals surface area contributed by atoms with Crippen molar-refractivity contribution in [1.82, 2.24) is 4.90 Å². The van der Waals surface area contributed by atoms with Crippen LogP contribution in [0.4, 0.5) is 0 Å². The van der Waals surface area contributed by atoms with E-state index in [0.717, 1.165) is 35.8 Å². The van der Waals surface area contributed by atoms with Gasteiger partial charge in [-0.05, 0) is 30.7 Å². The average molecular weight is 270 g/mol. The molecule has 0 aliphatic heterocycles. The van der Waals surface area contributed by atoms with Crippen molar-refractivity contribution >= 4 is 17.4 Å². The zero-order valence-corrected chi connectivity index (χ0v) is 11.6. The van der Waals surface area contributed by atoms with Gasteiger partial charge in [0, 0.05) is 24.5 Å². The van der Waals surface area contributed by atoms with Crippen molar-refractivity contribution in [2.24, 2.45) is 10.9 Å². The van der Waals surface area contributed by atoms with Gasteiger partial charge in [0.25, 0.3) is 0 Å². The number of nitrogens with zero attached hydrogens (tertiary/aromatic N) is 2. The van der Waals surface area contributed by atoms with Gasteiger partial charge in [0.1, 0.15) is 5.84 Å². The lowest BCUT2D eigenvalue weighted by Crippen LogP contribution is -2.28. The van der Waals surface area contributed by atoms with Crippen molar-refractivity contribution in [2.45, 2.75) is 26.8 Å². The SMILES string of the molecule is CCN(CC/C(N)=N/O)Cc1ccc(C)cc1Cl. The Labute approximate surface area is 113 Å². The van der Waals surface area contributed by atoms with Crippen molar-refractivity contribution in [3.05, 3.63) is 34.3 Å². The first-order valence-corrected chi connectivity index (χ1v) is 6.38. The van der Waals surface area contributed by atoms with E-state index in [-0.39, 0.29) is 5.84 Å². The second-order valence-corrected chi connectivity index (χ2v) is 4.71. The topological polar surface area (TPSA) is 61.8 Å². The van der Waals surface area contributed by atoms with Crippen LogP contribution in [0.2, 0.25) is 5.02 Å². The number of halogens is 1. The van der Waals surface area contributed by atoms with Crippen LogP contribution in [0.3, 0.4) is 0 Å². The summed E-state index contributed by atoms with van der Waals surface area (Å²) in [7, 11) is 0. The van der Waals surface area contributed by atoms with Gasteiger partial charge in [-0.2, -0.15) is 0 Å². The second kappa shape index (κ2) is 7.24. The molecule has 0 amide bonds. The lowest BCUT2D eigenvalue weighted by Gasteiger charge is -2.20. The highest BCUT2D eigenvalue weighted by Crippen LogP contribution is 2.19. The minimum Gasteiger partial charge on any atom is -0.409 e. The number of amidine groups is 1. The fourth-order valence-corrected chi connectivity index (χ4v) is 1.99. The molecule has 0 saturated carbocycles. The summed E-state index contributed by atoms with van der Waals surface area (Å²) in [5.41, 5.74) is 7.72. The Kier molecular flexibility index (Phi) is 5.95. The van der Waals surface area contributed by atoms with Crippen molar-refractivity contribution in [3.63, 3.8) is 0 Å². The van der Waals surface area contributed by atoms with Gasteiger partial charge in [0.05, 0.1) is 0 Å². The molecule has 18 heavy (non-hydrogen) atoms.